The summed E-state index contributed by atoms with van der Waals surface area (Å²) >= 11 is 0. The van der Waals surface area contributed by atoms with Crippen LogP contribution in [0.5, 0.6) is 5.75 Å². The Morgan fingerprint density at radius 2 is 1.77 bits per heavy atom. The summed E-state index contributed by atoms with van der Waals surface area (Å²) in [5.74, 6) is 0.736. The summed E-state index contributed by atoms with van der Waals surface area (Å²) in [6.45, 7) is 4.85. The van der Waals surface area contributed by atoms with Crippen LogP contribution < -0.4 is 4.74 Å². The summed E-state index contributed by atoms with van der Waals surface area (Å²) in [5.41, 5.74) is 0.889. The molecule has 0 saturated carbocycles. The van der Waals surface area contributed by atoms with Gasteiger partial charge in [-0.1, -0.05) is 30.3 Å². The number of rotatable bonds is 9. The number of non-ortho nitro benzene ring substituents is 1. The maximum absolute atomic E-state index is 10.7. The van der Waals surface area contributed by atoms with Crippen molar-refractivity contribution in [2.45, 2.75) is 31.9 Å². The number of ether oxygens (including phenoxy) is 1. The summed E-state index contributed by atoms with van der Waals surface area (Å²) in [6.07, 6.45) is 0.102. The monoisotopic (exact) mass is 358 g/mol. The lowest BCUT2D eigenvalue weighted by molar-refractivity contribution is -0.384. The highest BCUT2D eigenvalue weighted by Gasteiger charge is 2.26. The molecule has 2 aromatic rings. The molecule has 0 aliphatic carbocycles. The Labute approximate surface area is 154 Å². The number of β-amino-alcohol motifs (C(OH)–C–C–N with tert-alkyl or cyclic N) is 1. The Morgan fingerprint density at radius 3 is 2.35 bits per heavy atom. The van der Waals surface area contributed by atoms with Crippen LogP contribution in [0.1, 0.15) is 19.4 Å². The van der Waals surface area contributed by atoms with Crippen molar-refractivity contribution in [2.24, 2.45) is 0 Å². The molecule has 0 saturated heterocycles. The van der Waals surface area contributed by atoms with Crippen molar-refractivity contribution >= 4 is 5.69 Å². The van der Waals surface area contributed by atoms with Gasteiger partial charge in [0.2, 0.25) is 0 Å². The van der Waals surface area contributed by atoms with Crippen molar-refractivity contribution in [1.29, 1.82) is 0 Å². The molecule has 0 amide bonds. The summed E-state index contributed by atoms with van der Waals surface area (Å²) in [6, 6.07) is 16.0. The maximum atomic E-state index is 10.7. The molecule has 2 aromatic carbocycles. The molecule has 1 N–H and O–H groups in total. The lowest BCUT2D eigenvalue weighted by Crippen LogP contribution is -2.47. The van der Waals surface area contributed by atoms with Gasteiger partial charge in [0.15, 0.2) is 0 Å². The molecule has 6 nitrogen and oxygen atoms in total. The molecule has 2 rings (SSSR count). The first kappa shape index (κ1) is 19.9. The first-order valence-electron chi connectivity index (χ1n) is 8.58. The van der Waals surface area contributed by atoms with Gasteiger partial charge in [0.25, 0.3) is 5.69 Å². The summed E-state index contributed by atoms with van der Waals surface area (Å²) in [7, 11) is 1.96. The molecule has 0 aromatic heterocycles. The number of para-hydroxylation sites is 1. The van der Waals surface area contributed by atoms with Crippen LogP contribution in [0.25, 0.3) is 0 Å². The fourth-order valence-corrected chi connectivity index (χ4v) is 2.70. The van der Waals surface area contributed by atoms with Crippen LogP contribution in [-0.2, 0) is 6.42 Å². The third kappa shape index (κ3) is 5.82. The fraction of sp³-hybridized carbons (Fsp3) is 0.400. The predicted molar refractivity (Wildman–Crippen MR) is 101 cm³/mol. The highest BCUT2D eigenvalue weighted by atomic mass is 16.6. The van der Waals surface area contributed by atoms with Crippen LogP contribution in [0.15, 0.2) is 54.6 Å². The van der Waals surface area contributed by atoms with Gasteiger partial charge in [-0.25, -0.2) is 0 Å². The van der Waals surface area contributed by atoms with Gasteiger partial charge in [-0.3, -0.25) is 15.0 Å². The molecular formula is C20H26N2O4. The Hall–Kier alpha value is -2.44. The molecule has 0 spiro atoms. The van der Waals surface area contributed by atoms with Crippen LogP contribution in [0.2, 0.25) is 0 Å². The molecule has 0 fully saturated rings. The average molecular weight is 358 g/mol. The second-order valence-electron chi connectivity index (χ2n) is 7.07. The highest BCUT2D eigenvalue weighted by molar-refractivity contribution is 5.33. The van der Waals surface area contributed by atoms with Gasteiger partial charge in [0, 0.05) is 24.2 Å². The second kappa shape index (κ2) is 8.78. The van der Waals surface area contributed by atoms with Crippen molar-refractivity contribution in [1.82, 2.24) is 4.90 Å². The first-order chi connectivity index (χ1) is 12.3. The third-order valence-corrected chi connectivity index (χ3v) is 4.49. The molecule has 26 heavy (non-hydrogen) atoms. The zero-order valence-corrected chi connectivity index (χ0v) is 15.5. The van der Waals surface area contributed by atoms with Crippen molar-refractivity contribution in [3.05, 3.63) is 70.3 Å². The largest absolute Gasteiger partial charge is 0.491 e. The summed E-state index contributed by atoms with van der Waals surface area (Å²) in [4.78, 5) is 12.4. The normalized spacial score (nSPS) is 12.8. The smallest absolute Gasteiger partial charge is 0.269 e. The lowest BCUT2D eigenvalue weighted by atomic mass is 9.93. The van der Waals surface area contributed by atoms with E-state index in [4.69, 9.17) is 4.74 Å². The Kier molecular flexibility index (Phi) is 6.71. The fourth-order valence-electron chi connectivity index (χ4n) is 2.70. The SMILES string of the molecule is CN(CC(O)COc1ccccc1)C(C)(C)Cc1ccc([N+](=O)[O-])cc1. The Morgan fingerprint density at radius 1 is 1.15 bits per heavy atom. The van der Waals surface area contributed by atoms with Crippen LogP contribution in [0.4, 0.5) is 5.69 Å². The molecule has 0 bridgehead atoms. The number of nitro benzene ring substituents is 1. The summed E-state index contributed by atoms with van der Waals surface area (Å²) < 4.78 is 5.59. The second-order valence-corrected chi connectivity index (χ2v) is 7.07. The van der Waals surface area contributed by atoms with E-state index in [2.05, 4.69) is 18.7 Å². The highest BCUT2D eigenvalue weighted by Crippen LogP contribution is 2.21. The van der Waals surface area contributed by atoms with E-state index >= 15 is 0 Å². The van der Waals surface area contributed by atoms with Crippen LogP contribution in [-0.4, -0.2) is 46.8 Å². The molecule has 0 aliphatic rings. The zero-order valence-electron chi connectivity index (χ0n) is 15.5. The van der Waals surface area contributed by atoms with E-state index in [0.717, 1.165) is 11.3 Å². The molecule has 0 heterocycles. The molecular weight excluding hydrogens is 332 g/mol. The molecule has 1 atom stereocenters. The standard InChI is InChI=1S/C20H26N2O4/c1-20(2,13-16-9-11-17(12-10-16)22(24)25)21(3)14-18(23)15-26-19-7-5-4-6-8-19/h4-12,18,23H,13-15H2,1-3H3. The number of nitro groups is 1. The minimum absolute atomic E-state index is 0.0911. The van der Waals surface area contributed by atoms with E-state index in [-0.39, 0.29) is 17.8 Å². The average Bonchev–Trinajstić information content (AvgIpc) is 2.61. The molecule has 1 unspecified atom stereocenters. The van der Waals surface area contributed by atoms with E-state index in [1.165, 1.54) is 12.1 Å². The van der Waals surface area contributed by atoms with E-state index < -0.39 is 11.0 Å². The van der Waals surface area contributed by atoms with Gasteiger partial charge < -0.3 is 9.84 Å². The van der Waals surface area contributed by atoms with Crippen LogP contribution in [0.3, 0.4) is 0 Å². The number of hydrogen-bond donors (Lipinski definition) is 1. The minimum Gasteiger partial charge on any atom is -0.491 e. The lowest BCUT2D eigenvalue weighted by Gasteiger charge is -2.37. The van der Waals surface area contributed by atoms with E-state index in [1.807, 2.05) is 37.4 Å². The molecule has 0 radical (unpaired) electrons. The predicted octanol–water partition coefficient (Wildman–Crippen LogP) is 3.29. The summed E-state index contributed by atoms with van der Waals surface area (Å²) in [5, 5.41) is 21.0. The minimum atomic E-state index is -0.614. The van der Waals surface area contributed by atoms with Crippen molar-refractivity contribution in [2.75, 3.05) is 20.2 Å². The maximum Gasteiger partial charge on any atom is 0.269 e. The number of likely N-dealkylation sites (N-methyl/N-ethyl adjacent to an activating group) is 1. The third-order valence-electron chi connectivity index (χ3n) is 4.49. The zero-order chi connectivity index (χ0) is 19.2. The number of benzene rings is 2. The molecule has 140 valence electrons. The molecule has 0 aliphatic heterocycles. The Balaban J connectivity index is 1.87. The number of nitrogens with zero attached hydrogens (tertiary/aromatic N) is 2. The van der Waals surface area contributed by atoms with Gasteiger partial charge in [0.1, 0.15) is 18.5 Å². The molecule has 6 heteroatoms. The van der Waals surface area contributed by atoms with Gasteiger partial charge in [-0.05, 0) is 45.0 Å². The van der Waals surface area contributed by atoms with Crippen molar-refractivity contribution in [3.63, 3.8) is 0 Å². The van der Waals surface area contributed by atoms with Crippen LogP contribution >= 0.6 is 0 Å². The topological polar surface area (TPSA) is 75.8 Å². The first-order valence-corrected chi connectivity index (χ1v) is 8.58. The quantitative estimate of drug-likeness (QED) is 0.550. The van der Waals surface area contributed by atoms with E-state index in [0.29, 0.717) is 13.0 Å². The van der Waals surface area contributed by atoms with Gasteiger partial charge in [-0.2, -0.15) is 0 Å². The van der Waals surface area contributed by atoms with Crippen LogP contribution in [0, 0.1) is 10.1 Å². The van der Waals surface area contributed by atoms with Gasteiger partial charge >= 0.3 is 0 Å². The van der Waals surface area contributed by atoms with Gasteiger partial charge in [0.05, 0.1) is 4.92 Å². The van der Waals surface area contributed by atoms with Gasteiger partial charge in [-0.15, -0.1) is 0 Å². The Bertz CT molecular complexity index is 702. The van der Waals surface area contributed by atoms with E-state index in [1.54, 1.807) is 12.1 Å². The van der Waals surface area contributed by atoms with Crippen molar-refractivity contribution < 1.29 is 14.8 Å². The number of hydrogen-bond acceptors (Lipinski definition) is 5. The van der Waals surface area contributed by atoms with Crippen molar-refractivity contribution in [3.8, 4) is 5.75 Å². The number of aliphatic hydroxyl groups excluding tert-OH is 1. The number of aliphatic hydroxyl groups is 1. The van der Waals surface area contributed by atoms with E-state index in [9.17, 15) is 15.2 Å².